The predicted octanol–water partition coefficient (Wildman–Crippen LogP) is 1.14. The van der Waals surface area contributed by atoms with Gasteiger partial charge in [-0.3, -0.25) is 4.90 Å². The minimum Gasteiger partial charge on any atom is -0.492 e. The molecule has 22 heavy (non-hydrogen) atoms. The zero-order valence-corrected chi connectivity index (χ0v) is 13.3. The Kier molecular flexibility index (Phi) is 5.17. The van der Waals surface area contributed by atoms with Gasteiger partial charge in [0.2, 0.25) is 10.0 Å². The number of aromatic nitrogens is 1. The summed E-state index contributed by atoms with van der Waals surface area (Å²) in [5, 5.41) is 8.96. The van der Waals surface area contributed by atoms with Crippen LogP contribution < -0.4 is 9.88 Å². The van der Waals surface area contributed by atoms with Crippen molar-refractivity contribution in [1.29, 1.82) is 0 Å². The highest BCUT2D eigenvalue weighted by Gasteiger charge is 2.08. The molecule has 7 nitrogen and oxygen atoms in total. The fourth-order valence-corrected chi connectivity index (χ4v) is 2.41. The third-order valence-electron chi connectivity index (χ3n) is 3.00. The van der Waals surface area contributed by atoms with Gasteiger partial charge in [0.05, 0.1) is 10.6 Å². The van der Waals surface area contributed by atoms with E-state index in [1.54, 1.807) is 12.1 Å². The van der Waals surface area contributed by atoms with Gasteiger partial charge in [0.1, 0.15) is 18.1 Å². The maximum atomic E-state index is 11.1. The van der Waals surface area contributed by atoms with Gasteiger partial charge in [-0.1, -0.05) is 5.16 Å². The highest BCUT2D eigenvalue weighted by Crippen LogP contribution is 2.14. The summed E-state index contributed by atoms with van der Waals surface area (Å²) in [6, 6.07) is 7.91. The first-order valence-corrected chi connectivity index (χ1v) is 8.25. The number of nitrogens with zero attached hydrogens (tertiary/aromatic N) is 2. The lowest BCUT2D eigenvalue weighted by Gasteiger charge is -2.15. The third kappa shape index (κ3) is 4.83. The van der Waals surface area contributed by atoms with Crippen molar-refractivity contribution in [2.45, 2.75) is 18.4 Å². The average molecular weight is 325 g/mol. The van der Waals surface area contributed by atoms with Gasteiger partial charge in [-0.05, 0) is 38.2 Å². The third-order valence-corrected chi connectivity index (χ3v) is 3.93. The molecule has 0 atom stereocenters. The second-order valence-electron chi connectivity index (χ2n) is 5.03. The summed E-state index contributed by atoms with van der Waals surface area (Å²) >= 11 is 0. The van der Waals surface area contributed by atoms with Gasteiger partial charge >= 0.3 is 0 Å². The van der Waals surface area contributed by atoms with Crippen molar-refractivity contribution in [3.8, 4) is 5.75 Å². The van der Waals surface area contributed by atoms with Gasteiger partial charge < -0.3 is 9.26 Å². The molecule has 0 fully saturated rings. The van der Waals surface area contributed by atoms with Crippen LogP contribution in [0.15, 0.2) is 39.8 Å². The summed E-state index contributed by atoms with van der Waals surface area (Å²) in [6.45, 7) is 3.70. The molecule has 120 valence electrons. The number of hydrogen-bond acceptors (Lipinski definition) is 6. The number of nitrogens with two attached hydrogens (primary N) is 1. The summed E-state index contributed by atoms with van der Waals surface area (Å²) in [7, 11) is -1.71. The smallest absolute Gasteiger partial charge is 0.238 e. The van der Waals surface area contributed by atoms with Gasteiger partial charge in [-0.25, -0.2) is 13.6 Å². The Morgan fingerprint density at radius 2 is 2.00 bits per heavy atom. The van der Waals surface area contributed by atoms with Crippen LogP contribution in [0.2, 0.25) is 0 Å². The molecular formula is C14H19N3O4S. The van der Waals surface area contributed by atoms with Crippen molar-refractivity contribution < 1.29 is 17.7 Å². The van der Waals surface area contributed by atoms with Crippen LogP contribution in [-0.4, -0.2) is 38.7 Å². The van der Waals surface area contributed by atoms with Crippen molar-refractivity contribution in [2.75, 3.05) is 20.2 Å². The molecule has 0 amide bonds. The van der Waals surface area contributed by atoms with Crippen LogP contribution in [0.1, 0.15) is 11.5 Å². The van der Waals surface area contributed by atoms with Crippen LogP contribution in [0.3, 0.4) is 0 Å². The Balaban J connectivity index is 1.78. The Morgan fingerprint density at radius 1 is 1.32 bits per heavy atom. The van der Waals surface area contributed by atoms with Gasteiger partial charge in [0, 0.05) is 19.2 Å². The number of sulfonamides is 1. The van der Waals surface area contributed by atoms with Gasteiger partial charge in [0.25, 0.3) is 0 Å². The quantitative estimate of drug-likeness (QED) is 0.819. The van der Waals surface area contributed by atoms with Crippen molar-refractivity contribution in [3.63, 3.8) is 0 Å². The first-order chi connectivity index (χ1) is 10.3. The zero-order chi connectivity index (χ0) is 16.2. The number of aryl methyl sites for hydroxylation is 1. The summed E-state index contributed by atoms with van der Waals surface area (Å²) in [4.78, 5) is 2.12. The molecule has 0 saturated carbocycles. The van der Waals surface area contributed by atoms with Gasteiger partial charge in [-0.2, -0.15) is 0 Å². The molecule has 1 heterocycles. The lowest BCUT2D eigenvalue weighted by atomic mass is 10.3. The molecule has 2 rings (SSSR count). The standard InChI is InChI=1S/C14H19N3O4S/c1-11-9-12(16-21-11)10-17(2)7-8-20-13-3-5-14(6-4-13)22(15,18)19/h3-6,9H,7-8,10H2,1-2H3,(H2,15,18,19). The van der Waals surface area contributed by atoms with Crippen LogP contribution in [-0.2, 0) is 16.6 Å². The number of ether oxygens (including phenoxy) is 1. The topological polar surface area (TPSA) is 98.7 Å². The average Bonchev–Trinajstić information content (AvgIpc) is 2.83. The van der Waals surface area contributed by atoms with Gasteiger partial charge in [0.15, 0.2) is 0 Å². The van der Waals surface area contributed by atoms with Crippen molar-refractivity contribution in [2.24, 2.45) is 5.14 Å². The molecule has 8 heteroatoms. The minimum absolute atomic E-state index is 0.0679. The molecule has 2 N–H and O–H groups in total. The molecule has 0 spiro atoms. The fraction of sp³-hybridized carbons (Fsp3) is 0.357. The van der Waals surface area contributed by atoms with E-state index in [9.17, 15) is 8.42 Å². The Hall–Kier alpha value is -1.90. The van der Waals surface area contributed by atoms with Crippen LogP contribution >= 0.6 is 0 Å². The van der Waals surface area contributed by atoms with Crippen LogP contribution in [0.5, 0.6) is 5.75 Å². The van der Waals surface area contributed by atoms with E-state index in [0.29, 0.717) is 25.4 Å². The van der Waals surface area contributed by atoms with E-state index in [0.717, 1.165) is 11.5 Å². The monoisotopic (exact) mass is 325 g/mol. The molecule has 0 bridgehead atoms. The summed E-state index contributed by atoms with van der Waals surface area (Å²) < 4.78 is 32.9. The SMILES string of the molecule is Cc1cc(CN(C)CCOc2ccc(S(N)(=O)=O)cc2)no1. The second kappa shape index (κ2) is 6.91. The summed E-state index contributed by atoms with van der Waals surface area (Å²) in [5.41, 5.74) is 0.873. The van der Waals surface area contributed by atoms with E-state index in [-0.39, 0.29) is 4.90 Å². The van der Waals surface area contributed by atoms with Crippen molar-refractivity contribution in [1.82, 2.24) is 10.1 Å². The molecular weight excluding hydrogens is 306 g/mol. The number of likely N-dealkylation sites (N-methyl/N-ethyl adjacent to an activating group) is 1. The second-order valence-corrected chi connectivity index (χ2v) is 6.59. The maximum absolute atomic E-state index is 11.1. The molecule has 0 saturated heterocycles. The number of primary sulfonamides is 1. The molecule has 1 aromatic carbocycles. The maximum Gasteiger partial charge on any atom is 0.238 e. The molecule has 0 radical (unpaired) electrons. The highest BCUT2D eigenvalue weighted by molar-refractivity contribution is 7.89. The van der Waals surface area contributed by atoms with E-state index >= 15 is 0 Å². The molecule has 2 aromatic rings. The largest absolute Gasteiger partial charge is 0.492 e. The highest BCUT2D eigenvalue weighted by atomic mass is 32.2. The van der Waals surface area contributed by atoms with E-state index in [1.807, 2.05) is 20.0 Å². The molecule has 0 aliphatic rings. The molecule has 0 aliphatic heterocycles. The zero-order valence-electron chi connectivity index (χ0n) is 12.5. The first-order valence-electron chi connectivity index (χ1n) is 6.71. The van der Waals surface area contributed by atoms with E-state index in [4.69, 9.17) is 14.4 Å². The predicted molar refractivity (Wildman–Crippen MR) is 80.9 cm³/mol. The van der Waals surface area contributed by atoms with Crippen LogP contribution in [0, 0.1) is 6.92 Å². The summed E-state index contributed by atoms with van der Waals surface area (Å²) in [6.07, 6.45) is 0. The lowest BCUT2D eigenvalue weighted by Crippen LogP contribution is -2.24. The Morgan fingerprint density at radius 3 is 2.55 bits per heavy atom. The number of benzene rings is 1. The fourth-order valence-electron chi connectivity index (χ4n) is 1.89. The lowest BCUT2D eigenvalue weighted by molar-refractivity contribution is 0.228. The van der Waals surface area contributed by atoms with Crippen LogP contribution in [0.25, 0.3) is 0 Å². The Bertz CT molecular complexity index is 710. The van der Waals surface area contributed by atoms with E-state index in [2.05, 4.69) is 10.1 Å². The Labute approximate surface area is 129 Å². The number of hydrogen-bond donors (Lipinski definition) is 1. The molecule has 0 unspecified atom stereocenters. The first kappa shape index (κ1) is 16.5. The van der Waals surface area contributed by atoms with E-state index < -0.39 is 10.0 Å². The molecule has 0 aliphatic carbocycles. The van der Waals surface area contributed by atoms with Gasteiger partial charge in [-0.15, -0.1) is 0 Å². The summed E-state index contributed by atoms with van der Waals surface area (Å²) in [5.74, 6) is 1.38. The van der Waals surface area contributed by atoms with Crippen molar-refractivity contribution >= 4 is 10.0 Å². The molecule has 1 aromatic heterocycles. The van der Waals surface area contributed by atoms with Crippen LogP contribution in [0.4, 0.5) is 0 Å². The normalized spacial score (nSPS) is 11.8. The van der Waals surface area contributed by atoms with E-state index in [1.165, 1.54) is 12.1 Å². The minimum atomic E-state index is -3.67. The van der Waals surface area contributed by atoms with Crippen molar-refractivity contribution in [3.05, 3.63) is 41.8 Å². The number of rotatable bonds is 7.